The summed E-state index contributed by atoms with van der Waals surface area (Å²) in [5.41, 5.74) is 1.61. The Labute approximate surface area is 210 Å². The second-order valence-electron chi connectivity index (χ2n) is 11.1. The third kappa shape index (κ3) is 5.70. The van der Waals surface area contributed by atoms with Crippen LogP contribution in [0, 0.1) is 23.7 Å². The smallest absolute Gasteiger partial charge is 0.303 e. The summed E-state index contributed by atoms with van der Waals surface area (Å²) in [7, 11) is 0. The Balaban J connectivity index is 1.35. The molecule has 1 aromatic rings. The highest BCUT2D eigenvalue weighted by atomic mass is 35.5. The summed E-state index contributed by atoms with van der Waals surface area (Å²) in [5, 5.41) is 12.6. The minimum absolute atomic E-state index is 0.129. The van der Waals surface area contributed by atoms with E-state index in [9.17, 15) is 9.90 Å². The summed E-state index contributed by atoms with van der Waals surface area (Å²) >= 11 is 6.02. The van der Waals surface area contributed by atoms with E-state index in [0.29, 0.717) is 18.3 Å². The Morgan fingerprint density at radius 1 is 1.18 bits per heavy atom. The lowest BCUT2D eigenvalue weighted by atomic mass is 9.57. The number of piperazine rings is 1. The molecule has 6 atom stereocenters. The van der Waals surface area contributed by atoms with Crippen LogP contribution in [-0.4, -0.2) is 65.3 Å². The summed E-state index contributed by atoms with van der Waals surface area (Å²) in [6, 6.07) is 8.18. The zero-order chi connectivity index (χ0) is 24.5. The van der Waals surface area contributed by atoms with Gasteiger partial charge in [0.1, 0.15) is 6.10 Å². The van der Waals surface area contributed by atoms with Crippen LogP contribution in [0.2, 0.25) is 5.02 Å². The molecule has 188 valence electrons. The van der Waals surface area contributed by atoms with Crippen molar-refractivity contribution in [1.82, 2.24) is 9.80 Å². The summed E-state index contributed by atoms with van der Waals surface area (Å²) < 4.78 is 5.55. The largest absolute Gasteiger partial charge is 0.458 e. The van der Waals surface area contributed by atoms with Crippen LogP contribution in [-0.2, 0) is 16.1 Å². The number of esters is 1. The second kappa shape index (κ2) is 10.7. The van der Waals surface area contributed by atoms with Crippen LogP contribution in [0.4, 0.5) is 0 Å². The number of ether oxygens (including phenoxy) is 1. The molecule has 1 saturated carbocycles. The van der Waals surface area contributed by atoms with Gasteiger partial charge in [0.05, 0.1) is 5.60 Å². The van der Waals surface area contributed by atoms with Gasteiger partial charge in [-0.1, -0.05) is 43.7 Å². The fourth-order valence-corrected chi connectivity index (χ4v) is 6.64. The molecule has 3 aliphatic rings. The normalized spacial score (nSPS) is 33.6. The molecule has 1 aliphatic heterocycles. The number of hydrogen-bond acceptors (Lipinski definition) is 5. The van der Waals surface area contributed by atoms with E-state index in [-0.39, 0.29) is 23.9 Å². The molecule has 2 aliphatic carbocycles. The lowest BCUT2D eigenvalue weighted by molar-refractivity contribution is -0.159. The van der Waals surface area contributed by atoms with Crippen molar-refractivity contribution in [2.24, 2.45) is 23.7 Å². The molecule has 1 aromatic carbocycles. The van der Waals surface area contributed by atoms with Crippen LogP contribution in [0.25, 0.3) is 0 Å². The Kier molecular flexibility index (Phi) is 8.08. The fraction of sp³-hybridized carbons (Fsp3) is 0.679. The Morgan fingerprint density at radius 3 is 2.47 bits per heavy atom. The van der Waals surface area contributed by atoms with Gasteiger partial charge in [0.15, 0.2) is 0 Å². The number of rotatable bonds is 6. The minimum atomic E-state index is -0.798. The van der Waals surface area contributed by atoms with Gasteiger partial charge in [-0.25, -0.2) is 0 Å². The minimum Gasteiger partial charge on any atom is -0.458 e. The van der Waals surface area contributed by atoms with Crippen molar-refractivity contribution in [2.45, 2.75) is 65.2 Å². The first-order chi connectivity index (χ1) is 16.2. The molecule has 0 spiro atoms. The number of carbonyl (C=O) groups excluding carboxylic acids is 1. The SMILES string of the molecule is CC(=O)O[C@@H]1C[C@@]2(O)[C@H](C)CC[C@@H]([C@H](C)CN3CCN(Cc4ccc(Cl)cc4)CC3)[C@H]2C=C1C. The average Bonchev–Trinajstić information content (AvgIpc) is 2.78. The number of benzene rings is 1. The van der Waals surface area contributed by atoms with Crippen molar-refractivity contribution in [1.29, 1.82) is 0 Å². The first-order valence-electron chi connectivity index (χ1n) is 12.9. The van der Waals surface area contributed by atoms with Gasteiger partial charge in [-0.3, -0.25) is 9.69 Å². The first kappa shape index (κ1) is 25.7. The number of hydrogen-bond donors (Lipinski definition) is 1. The molecule has 1 N–H and O–H groups in total. The summed E-state index contributed by atoms with van der Waals surface area (Å²) in [5.74, 6) is 1.01. The van der Waals surface area contributed by atoms with Gasteiger partial charge < -0.3 is 14.7 Å². The zero-order valence-electron chi connectivity index (χ0n) is 21.2. The van der Waals surface area contributed by atoms with E-state index in [4.69, 9.17) is 16.3 Å². The number of aliphatic hydroxyl groups is 1. The molecular weight excluding hydrogens is 448 g/mol. The highest BCUT2D eigenvalue weighted by Crippen LogP contribution is 2.51. The highest BCUT2D eigenvalue weighted by Gasteiger charge is 2.52. The molecule has 6 heteroatoms. The average molecular weight is 489 g/mol. The van der Waals surface area contributed by atoms with Gasteiger partial charge in [-0.15, -0.1) is 0 Å². The predicted molar refractivity (Wildman–Crippen MR) is 137 cm³/mol. The van der Waals surface area contributed by atoms with E-state index in [2.05, 4.69) is 41.9 Å². The standard InChI is InChI=1S/C28H41ClN2O3/c1-19-15-26-25(10-5-21(3)28(26,33)16-27(19)34-22(4)32)20(2)17-30-11-13-31(14-12-30)18-23-6-8-24(29)9-7-23/h6-9,15,20-21,25-27,33H,5,10-14,16-18H2,1-4H3/t20-,21-,25+,26-,27-,28-/m1/s1. The Hall–Kier alpha value is -1.40. The van der Waals surface area contributed by atoms with Gasteiger partial charge in [-0.05, 0) is 60.8 Å². The molecule has 1 heterocycles. The number of nitrogens with zero attached hydrogens (tertiary/aromatic N) is 2. The van der Waals surface area contributed by atoms with Gasteiger partial charge in [0, 0.05) is 63.6 Å². The lowest BCUT2D eigenvalue weighted by Crippen LogP contribution is -2.56. The molecule has 4 rings (SSSR count). The third-order valence-corrected chi connectivity index (χ3v) is 8.91. The Bertz CT molecular complexity index is 880. The first-order valence-corrected chi connectivity index (χ1v) is 13.3. The second-order valence-corrected chi connectivity index (χ2v) is 11.5. The van der Waals surface area contributed by atoms with Crippen LogP contribution in [0.3, 0.4) is 0 Å². The van der Waals surface area contributed by atoms with E-state index >= 15 is 0 Å². The maximum Gasteiger partial charge on any atom is 0.303 e. The molecule has 34 heavy (non-hydrogen) atoms. The topological polar surface area (TPSA) is 53.0 Å². The van der Waals surface area contributed by atoms with E-state index in [1.807, 2.05) is 19.1 Å². The van der Waals surface area contributed by atoms with E-state index in [0.717, 1.165) is 62.7 Å². The van der Waals surface area contributed by atoms with Crippen LogP contribution in [0.15, 0.2) is 35.9 Å². The van der Waals surface area contributed by atoms with Gasteiger partial charge in [-0.2, -0.15) is 0 Å². The van der Waals surface area contributed by atoms with Crippen molar-refractivity contribution in [3.05, 3.63) is 46.5 Å². The molecule has 1 saturated heterocycles. The molecule has 0 aromatic heterocycles. The third-order valence-electron chi connectivity index (χ3n) is 8.66. The lowest BCUT2D eigenvalue weighted by Gasteiger charge is -2.53. The Morgan fingerprint density at radius 2 is 1.82 bits per heavy atom. The number of fused-ring (bicyclic) bond motifs is 1. The highest BCUT2D eigenvalue weighted by molar-refractivity contribution is 6.30. The summed E-state index contributed by atoms with van der Waals surface area (Å²) in [4.78, 5) is 16.7. The number of carbonyl (C=O) groups is 1. The van der Waals surface area contributed by atoms with Crippen LogP contribution >= 0.6 is 11.6 Å². The molecule has 0 unspecified atom stereocenters. The van der Waals surface area contributed by atoms with Crippen molar-refractivity contribution in [3.63, 3.8) is 0 Å². The molecule has 5 nitrogen and oxygen atoms in total. The molecule has 2 fully saturated rings. The van der Waals surface area contributed by atoms with E-state index in [1.165, 1.54) is 12.5 Å². The maximum absolute atomic E-state index is 11.8. The van der Waals surface area contributed by atoms with Gasteiger partial charge in [0.2, 0.25) is 0 Å². The number of halogens is 1. The predicted octanol–water partition coefficient (Wildman–Crippen LogP) is 4.77. The van der Waals surface area contributed by atoms with Crippen LogP contribution in [0.5, 0.6) is 0 Å². The molecular formula is C28H41ClN2O3. The van der Waals surface area contributed by atoms with Crippen molar-refractivity contribution in [3.8, 4) is 0 Å². The molecule has 0 amide bonds. The van der Waals surface area contributed by atoms with Crippen molar-refractivity contribution < 1.29 is 14.6 Å². The van der Waals surface area contributed by atoms with Gasteiger partial charge >= 0.3 is 5.97 Å². The zero-order valence-corrected chi connectivity index (χ0v) is 21.9. The maximum atomic E-state index is 11.8. The summed E-state index contributed by atoms with van der Waals surface area (Å²) in [6.45, 7) is 14.4. The monoisotopic (exact) mass is 488 g/mol. The van der Waals surface area contributed by atoms with Crippen molar-refractivity contribution in [2.75, 3.05) is 32.7 Å². The quantitative estimate of drug-likeness (QED) is 0.461. The van der Waals surface area contributed by atoms with E-state index < -0.39 is 5.60 Å². The van der Waals surface area contributed by atoms with E-state index in [1.54, 1.807) is 0 Å². The van der Waals surface area contributed by atoms with Gasteiger partial charge in [0.25, 0.3) is 0 Å². The van der Waals surface area contributed by atoms with Crippen LogP contribution in [0.1, 0.15) is 52.5 Å². The summed E-state index contributed by atoms with van der Waals surface area (Å²) in [6.07, 6.45) is 4.62. The van der Waals surface area contributed by atoms with Crippen molar-refractivity contribution >= 4 is 17.6 Å². The van der Waals surface area contributed by atoms with Crippen LogP contribution < -0.4 is 0 Å². The molecule has 0 bridgehead atoms. The molecule has 0 radical (unpaired) electrons. The fourth-order valence-electron chi connectivity index (χ4n) is 6.52.